The number of ketones is 2. The van der Waals surface area contributed by atoms with E-state index in [9.17, 15) is 29.4 Å². The Labute approximate surface area is 163 Å². The van der Waals surface area contributed by atoms with Crippen LogP contribution < -0.4 is 10.2 Å². The average molecular weight is 436 g/mol. The Morgan fingerprint density at radius 1 is 0.720 bits per heavy atom. The monoisotopic (exact) mass is 434 g/mol. The summed E-state index contributed by atoms with van der Waals surface area (Å²) in [7, 11) is 0. The molecule has 0 bridgehead atoms. The second kappa shape index (κ2) is 19.5. The van der Waals surface area contributed by atoms with Crippen LogP contribution in [0, 0.1) is 0 Å². The molecule has 0 unspecified atom stereocenters. The summed E-state index contributed by atoms with van der Waals surface area (Å²) >= 11 is 0.0389. The van der Waals surface area contributed by atoms with Gasteiger partial charge in [0.1, 0.15) is 11.6 Å². The van der Waals surface area contributed by atoms with Gasteiger partial charge in [0.15, 0.2) is 0 Å². The maximum absolute atomic E-state index is 10.4. The maximum atomic E-state index is 10.4. The van der Waals surface area contributed by atoms with Crippen LogP contribution in [0.4, 0.5) is 0 Å². The molecule has 0 aliphatic heterocycles. The van der Waals surface area contributed by atoms with Crippen LogP contribution in [0.3, 0.4) is 0 Å². The summed E-state index contributed by atoms with van der Waals surface area (Å²) in [6.45, 7) is 13.0. The number of carboxylic acids is 2. The Morgan fingerprint density at radius 3 is 1.12 bits per heavy atom. The first-order chi connectivity index (χ1) is 11.5. The molecule has 0 fully saturated rings. The molecule has 0 aromatic rings. The molecule has 0 heterocycles. The van der Waals surface area contributed by atoms with Gasteiger partial charge < -0.3 is 19.8 Å². The number of carboxylic acid groups (broad SMARTS) is 2. The number of carbonyl (C=O) groups is 4. The summed E-state index contributed by atoms with van der Waals surface area (Å²) in [5.74, 6) is -3.07. The Kier molecular flexibility index (Phi) is 22.6. The molecule has 0 radical (unpaired) electrons. The normalized spacial score (nSPS) is 9.28. The Bertz CT molecular complexity index is 355. The Balaban J connectivity index is -0.000000293. The first kappa shape index (κ1) is 28.9. The number of hydrogen-bond donors (Lipinski definition) is 0. The van der Waals surface area contributed by atoms with E-state index in [0.717, 1.165) is 7.25 Å². The van der Waals surface area contributed by atoms with Gasteiger partial charge in [-0.15, -0.1) is 0 Å². The molecule has 0 aromatic heterocycles. The summed E-state index contributed by atoms with van der Waals surface area (Å²) in [6, 6.07) is 0. The number of rotatable bonds is 10. The quantitative estimate of drug-likeness (QED) is 0.483. The predicted molar refractivity (Wildman–Crippen MR) is 89.3 cm³/mol. The van der Waals surface area contributed by atoms with E-state index in [4.69, 9.17) is 0 Å². The van der Waals surface area contributed by atoms with Gasteiger partial charge in [-0.25, -0.2) is 0 Å². The summed E-state index contributed by atoms with van der Waals surface area (Å²) in [6.07, 6.45) is 1.21. The summed E-state index contributed by atoms with van der Waals surface area (Å²) in [4.78, 5) is 40.4. The number of hydrogen-bond acceptors (Lipinski definition) is 6. The third kappa shape index (κ3) is 35.2. The van der Waals surface area contributed by atoms with E-state index >= 15 is 0 Å². The van der Waals surface area contributed by atoms with Gasteiger partial charge in [0, 0.05) is 37.6 Å². The first-order valence-corrected chi connectivity index (χ1v) is 11.5. The van der Waals surface area contributed by atoms with E-state index in [2.05, 4.69) is 27.7 Å². The van der Waals surface area contributed by atoms with Crippen molar-refractivity contribution in [3.63, 3.8) is 0 Å². The van der Waals surface area contributed by atoms with Crippen LogP contribution in [-0.2, 0) is 42.4 Å². The van der Waals surface area contributed by atoms with Crippen molar-refractivity contribution in [1.29, 1.82) is 0 Å². The van der Waals surface area contributed by atoms with Crippen molar-refractivity contribution < 1.29 is 52.6 Å². The Morgan fingerprint density at radius 2 is 1.00 bits per heavy atom. The number of Topliss-reactive ketones (excluding diaryl/α,β-unsaturated/α-hetero) is 2. The minimum absolute atomic E-state index is 0.0389. The van der Waals surface area contributed by atoms with Crippen molar-refractivity contribution in [2.75, 3.05) is 0 Å². The summed E-state index contributed by atoms with van der Waals surface area (Å²) in [5, 5.41) is 19.5. The Hall–Kier alpha value is -0.837. The molecular formula is C18H32O6Zr. The fourth-order valence-electron chi connectivity index (χ4n) is 1.72. The van der Waals surface area contributed by atoms with Gasteiger partial charge in [-0.05, 0) is 12.8 Å². The van der Waals surface area contributed by atoms with Crippen LogP contribution in [0.1, 0.15) is 80.1 Å². The molecule has 144 valence electrons. The van der Waals surface area contributed by atoms with Gasteiger partial charge in [-0.2, -0.15) is 0 Å². The van der Waals surface area contributed by atoms with Crippen LogP contribution in [0.2, 0.25) is 7.25 Å². The van der Waals surface area contributed by atoms with Gasteiger partial charge in [0.25, 0.3) is 0 Å². The van der Waals surface area contributed by atoms with Crippen LogP contribution in [0.25, 0.3) is 0 Å². The summed E-state index contributed by atoms with van der Waals surface area (Å²) < 4.78 is 2.09. The van der Waals surface area contributed by atoms with Gasteiger partial charge in [0.2, 0.25) is 0 Å². The number of aliphatic carboxylic acids is 2. The second-order valence-corrected chi connectivity index (χ2v) is 12.6. The van der Waals surface area contributed by atoms with Crippen molar-refractivity contribution in [2.45, 2.75) is 87.3 Å². The van der Waals surface area contributed by atoms with Crippen LogP contribution >= 0.6 is 0 Å². The van der Waals surface area contributed by atoms with Crippen molar-refractivity contribution in [3.8, 4) is 0 Å². The molecule has 6 nitrogen and oxygen atoms in total. The van der Waals surface area contributed by atoms with Crippen LogP contribution in [0.5, 0.6) is 0 Å². The van der Waals surface area contributed by atoms with E-state index in [1.165, 1.54) is 0 Å². The minimum atomic E-state index is -1.28. The topological polar surface area (TPSA) is 114 Å². The van der Waals surface area contributed by atoms with Gasteiger partial charge in [-0.1, -0.05) is 13.8 Å². The zero-order valence-corrected chi connectivity index (χ0v) is 18.8. The van der Waals surface area contributed by atoms with Crippen molar-refractivity contribution >= 4 is 23.5 Å². The van der Waals surface area contributed by atoms with E-state index in [-0.39, 0.29) is 34.8 Å². The third-order valence-electron chi connectivity index (χ3n) is 2.41. The summed E-state index contributed by atoms with van der Waals surface area (Å²) in [5.41, 5.74) is 0. The molecule has 25 heavy (non-hydrogen) atoms. The SMILES string of the molecule is CCCC(=O)CC(=O)[O-].CCCC(=O)CC(=O)[O-].C[CH](C)[Zr+2][CH](C)C. The molecule has 0 N–H and O–H groups in total. The van der Waals surface area contributed by atoms with E-state index in [1.807, 2.05) is 13.8 Å². The van der Waals surface area contributed by atoms with E-state index in [1.54, 1.807) is 0 Å². The molecule has 0 saturated carbocycles. The average Bonchev–Trinajstić information content (AvgIpc) is 2.36. The second-order valence-electron chi connectivity index (χ2n) is 6.15. The molecule has 0 saturated heterocycles. The van der Waals surface area contributed by atoms with Crippen LogP contribution in [-0.4, -0.2) is 23.5 Å². The van der Waals surface area contributed by atoms with Gasteiger partial charge >= 0.3 is 58.2 Å². The zero-order valence-electron chi connectivity index (χ0n) is 16.3. The van der Waals surface area contributed by atoms with E-state index < -0.39 is 24.8 Å². The molecule has 0 rings (SSSR count). The van der Waals surface area contributed by atoms with E-state index in [0.29, 0.717) is 25.7 Å². The van der Waals surface area contributed by atoms with Crippen molar-refractivity contribution in [3.05, 3.63) is 0 Å². The zero-order chi connectivity index (χ0) is 20.4. The number of carbonyl (C=O) groups excluding carboxylic acids is 4. The molecule has 7 heteroatoms. The van der Waals surface area contributed by atoms with Gasteiger partial charge in [-0.3, -0.25) is 9.59 Å². The molecular weight excluding hydrogens is 403 g/mol. The fourth-order valence-corrected chi connectivity index (χ4v) is 5.00. The molecule has 0 aliphatic carbocycles. The van der Waals surface area contributed by atoms with Crippen LogP contribution in [0.15, 0.2) is 0 Å². The molecule has 0 aliphatic rings. The molecule has 0 amide bonds. The fraction of sp³-hybridized carbons (Fsp3) is 0.778. The predicted octanol–water partition coefficient (Wildman–Crippen LogP) is 1.72. The molecule has 0 spiro atoms. The third-order valence-corrected chi connectivity index (χ3v) is 5.68. The molecule has 0 aromatic carbocycles. The first-order valence-electron chi connectivity index (χ1n) is 8.65. The molecule has 0 atom stereocenters. The van der Waals surface area contributed by atoms with Gasteiger partial charge in [0.05, 0.1) is 0 Å². The standard InChI is InChI=1S/2C6H10O3.2C3H7.Zr/c2*1-2-3-5(7)4-6(8)9;2*1-3-2;/h2*2-4H2,1H3,(H,8,9);2*3H,1-2H3;/q;;;;+2/p-2. The van der Waals surface area contributed by atoms with Crippen molar-refractivity contribution in [2.24, 2.45) is 0 Å². The van der Waals surface area contributed by atoms with Crippen molar-refractivity contribution in [1.82, 2.24) is 0 Å².